The van der Waals surface area contributed by atoms with Crippen LogP contribution in [0.4, 0.5) is 4.79 Å². The van der Waals surface area contributed by atoms with Gasteiger partial charge in [0, 0.05) is 31.6 Å². The summed E-state index contributed by atoms with van der Waals surface area (Å²) in [6.45, 7) is 5.98. The number of hydrogen-bond donors (Lipinski definition) is 1. The first kappa shape index (κ1) is 12.4. The average molecular weight is 223 g/mol. The van der Waals surface area contributed by atoms with Gasteiger partial charge in [-0.15, -0.1) is 0 Å². The van der Waals surface area contributed by atoms with Crippen LogP contribution in [0.1, 0.15) is 26.5 Å². The van der Waals surface area contributed by atoms with Crippen LogP contribution in [-0.4, -0.2) is 28.2 Å². The quantitative estimate of drug-likeness (QED) is 0.844. The molecular weight excluding hydrogens is 206 g/mol. The van der Waals surface area contributed by atoms with E-state index in [1.807, 2.05) is 20.8 Å². The Bertz CT molecular complexity index is 333. The summed E-state index contributed by atoms with van der Waals surface area (Å²) in [5.41, 5.74) is 0.384. The summed E-state index contributed by atoms with van der Waals surface area (Å²) in [6, 6.07) is 0. The Labute approximate surface area is 95.3 Å². The number of rotatable bonds is 3. The van der Waals surface area contributed by atoms with Gasteiger partial charge in [0.25, 0.3) is 0 Å². The molecule has 5 nitrogen and oxygen atoms in total. The van der Waals surface area contributed by atoms with Gasteiger partial charge < -0.3 is 10.1 Å². The van der Waals surface area contributed by atoms with E-state index >= 15 is 0 Å². The van der Waals surface area contributed by atoms with Crippen molar-refractivity contribution in [3.8, 4) is 0 Å². The lowest BCUT2D eigenvalue weighted by molar-refractivity contribution is 0.0528. The Morgan fingerprint density at radius 2 is 2.19 bits per heavy atom. The van der Waals surface area contributed by atoms with Crippen LogP contribution in [0.25, 0.3) is 0 Å². The van der Waals surface area contributed by atoms with E-state index in [1.165, 1.54) is 0 Å². The van der Waals surface area contributed by atoms with E-state index in [1.54, 1.807) is 18.6 Å². The van der Waals surface area contributed by atoms with Crippen molar-refractivity contribution in [2.45, 2.75) is 32.8 Å². The molecule has 0 atom stereocenters. The largest absolute Gasteiger partial charge is 0.444 e. The van der Waals surface area contributed by atoms with Crippen molar-refractivity contribution in [2.75, 3.05) is 6.54 Å². The van der Waals surface area contributed by atoms with Crippen molar-refractivity contribution in [3.05, 3.63) is 24.3 Å². The molecule has 0 aromatic carbocycles. The van der Waals surface area contributed by atoms with Gasteiger partial charge >= 0.3 is 6.09 Å². The zero-order valence-electron chi connectivity index (χ0n) is 9.86. The maximum atomic E-state index is 11.3. The fraction of sp³-hybridized carbons (Fsp3) is 0.545. The zero-order chi connectivity index (χ0) is 12.0. The van der Waals surface area contributed by atoms with Crippen LogP contribution in [0.15, 0.2) is 18.6 Å². The number of nitrogens with zero attached hydrogens (tertiary/aromatic N) is 2. The van der Waals surface area contributed by atoms with Gasteiger partial charge in [-0.25, -0.2) is 4.79 Å². The molecule has 88 valence electrons. The topological polar surface area (TPSA) is 64.1 Å². The SMILES string of the molecule is CC(C)(C)OC(=O)NCCc1cnccn1. The van der Waals surface area contributed by atoms with Gasteiger partial charge in [0.05, 0.1) is 5.69 Å². The van der Waals surface area contributed by atoms with Crippen molar-refractivity contribution < 1.29 is 9.53 Å². The maximum absolute atomic E-state index is 11.3. The van der Waals surface area contributed by atoms with Crippen LogP contribution in [0.2, 0.25) is 0 Å². The standard InChI is InChI=1S/C11H17N3O2/c1-11(2,3)16-10(15)14-5-4-9-8-12-6-7-13-9/h6-8H,4-5H2,1-3H3,(H,14,15). The predicted molar refractivity (Wildman–Crippen MR) is 60.0 cm³/mol. The molecule has 0 aliphatic rings. The second kappa shape index (κ2) is 5.44. The molecule has 1 heterocycles. The van der Waals surface area contributed by atoms with E-state index in [9.17, 15) is 4.79 Å². The monoisotopic (exact) mass is 223 g/mol. The summed E-state index contributed by atoms with van der Waals surface area (Å²) in [4.78, 5) is 19.3. The molecule has 16 heavy (non-hydrogen) atoms. The summed E-state index contributed by atoms with van der Waals surface area (Å²) in [7, 11) is 0. The van der Waals surface area contributed by atoms with E-state index in [2.05, 4.69) is 15.3 Å². The van der Waals surface area contributed by atoms with E-state index in [0.29, 0.717) is 13.0 Å². The minimum Gasteiger partial charge on any atom is -0.444 e. The Morgan fingerprint density at radius 1 is 1.44 bits per heavy atom. The lowest BCUT2D eigenvalue weighted by atomic mass is 10.2. The molecule has 0 unspecified atom stereocenters. The molecule has 0 saturated carbocycles. The molecule has 1 N–H and O–H groups in total. The molecule has 1 aromatic heterocycles. The number of nitrogens with one attached hydrogen (secondary N) is 1. The molecule has 0 fully saturated rings. The molecule has 0 radical (unpaired) electrons. The molecule has 0 aliphatic carbocycles. The lowest BCUT2D eigenvalue weighted by Gasteiger charge is -2.19. The molecule has 1 aromatic rings. The molecule has 0 saturated heterocycles. The first-order chi connectivity index (χ1) is 7.47. The van der Waals surface area contributed by atoms with E-state index in [4.69, 9.17) is 4.74 Å². The van der Waals surface area contributed by atoms with Crippen molar-refractivity contribution in [3.63, 3.8) is 0 Å². The van der Waals surface area contributed by atoms with Gasteiger partial charge in [-0.1, -0.05) is 0 Å². The third-order valence-electron chi connectivity index (χ3n) is 1.67. The number of amides is 1. The van der Waals surface area contributed by atoms with Crippen LogP contribution >= 0.6 is 0 Å². The smallest absolute Gasteiger partial charge is 0.407 e. The van der Waals surface area contributed by atoms with E-state index in [0.717, 1.165) is 5.69 Å². The van der Waals surface area contributed by atoms with E-state index in [-0.39, 0.29) is 0 Å². The molecule has 0 bridgehead atoms. The Kier molecular flexibility index (Phi) is 4.22. The van der Waals surface area contributed by atoms with Crippen molar-refractivity contribution >= 4 is 6.09 Å². The number of aromatic nitrogens is 2. The van der Waals surface area contributed by atoms with Gasteiger partial charge in [0.1, 0.15) is 5.60 Å². The molecule has 0 spiro atoms. The fourth-order valence-corrected chi connectivity index (χ4v) is 1.07. The number of carbonyl (C=O) groups is 1. The summed E-state index contributed by atoms with van der Waals surface area (Å²) in [6.07, 6.45) is 5.16. The molecule has 1 rings (SSSR count). The minimum atomic E-state index is -0.462. The summed E-state index contributed by atoms with van der Waals surface area (Å²) < 4.78 is 5.09. The first-order valence-corrected chi connectivity index (χ1v) is 5.19. The molecular formula is C11H17N3O2. The second-order valence-electron chi connectivity index (χ2n) is 4.38. The van der Waals surface area contributed by atoms with Crippen molar-refractivity contribution in [1.29, 1.82) is 0 Å². The fourth-order valence-electron chi connectivity index (χ4n) is 1.07. The summed E-state index contributed by atoms with van der Waals surface area (Å²) >= 11 is 0. The lowest BCUT2D eigenvalue weighted by Crippen LogP contribution is -2.33. The Morgan fingerprint density at radius 3 is 2.75 bits per heavy atom. The van der Waals surface area contributed by atoms with Crippen LogP contribution in [0.3, 0.4) is 0 Å². The number of hydrogen-bond acceptors (Lipinski definition) is 4. The van der Waals surface area contributed by atoms with Gasteiger partial charge in [-0.3, -0.25) is 9.97 Å². The van der Waals surface area contributed by atoms with Gasteiger partial charge in [0.15, 0.2) is 0 Å². The minimum absolute atomic E-state index is 0.406. The van der Waals surface area contributed by atoms with Gasteiger partial charge in [-0.2, -0.15) is 0 Å². The number of carbonyl (C=O) groups excluding carboxylic acids is 1. The Hall–Kier alpha value is -1.65. The molecule has 1 amide bonds. The molecule has 5 heteroatoms. The Balaban J connectivity index is 2.24. The van der Waals surface area contributed by atoms with Crippen LogP contribution < -0.4 is 5.32 Å². The normalized spacial score (nSPS) is 10.9. The third kappa shape index (κ3) is 5.29. The van der Waals surface area contributed by atoms with E-state index < -0.39 is 11.7 Å². The van der Waals surface area contributed by atoms with Crippen molar-refractivity contribution in [1.82, 2.24) is 15.3 Å². The van der Waals surface area contributed by atoms with Crippen LogP contribution in [-0.2, 0) is 11.2 Å². The summed E-state index contributed by atoms with van der Waals surface area (Å²) in [5, 5.41) is 2.66. The highest BCUT2D eigenvalue weighted by molar-refractivity contribution is 5.67. The third-order valence-corrected chi connectivity index (χ3v) is 1.67. The summed E-state index contributed by atoms with van der Waals surface area (Å²) in [5.74, 6) is 0. The zero-order valence-corrected chi connectivity index (χ0v) is 9.86. The average Bonchev–Trinajstić information content (AvgIpc) is 2.16. The maximum Gasteiger partial charge on any atom is 0.407 e. The number of alkyl carbamates (subject to hydrolysis) is 1. The van der Waals surface area contributed by atoms with Crippen LogP contribution in [0.5, 0.6) is 0 Å². The first-order valence-electron chi connectivity index (χ1n) is 5.19. The second-order valence-corrected chi connectivity index (χ2v) is 4.38. The highest BCUT2D eigenvalue weighted by Gasteiger charge is 2.15. The predicted octanol–water partition coefficient (Wildman–Crippen LogP) is 1.54. The van der Waals surface area contributed by atoms with Crippen LogP contribution in [0, 0.1) is 0 Å². The van der Waals surface area contributed by atoms with Crippen molar-refractivity contribution in [2.24, 2.45) is 0 Å². The highest BCUT2D eigenvalue weighted by Crippen LogP contribution is 2.06. The highest BCUT2D eigenvalue weighted by atomic mass is 16.6. The number of ether oxygens (including phenoxy) is 1. The molecule has 0 aliphatic heterocycles. The van der Waals surface area contributed by atoms with Gasteiger partial charge in [-0.05, 0) is 20.8 Å². The van der Waals surface area contributed by atoms with Gasteiger partial charge in [0.2, 0.25) is 0 Å².